The minimum Gasteiger partial charge on any atom is -0.455 e. The molecule has 1 aliphatic heterocycles. The van der Waals surface area contributed by atoms with E-state index < -0.39 is 119 Å². The maximum absolute atomic E-state index is 15.6. The number of aliphatic hydroxyl groups excluding tert-OH is 1. The van der Waals surface area contributed by atoms with E-state index in [2.05, 4.69) is 5.32 Å². The molecule has 16 heteroatoms. The zero-order valence-corrected chi connectivity index (χ0v) is 38.5. The van der Waals surface area contributed by atoms with E-state index >= 15 is 9.59 Å². The highest BCUT2D eigenvalue weighted by atomic mass is 16.6. The summed E-state index contributed by atoms with van der Waals surface area (Å²) in [6.07, 6.45) is -10.2. The zero-order chi connectivity index (χ0) is 48.6. The molecule has 2 bridgehead atoms. The van der Waals surface area contributed by atoms with Gasteiger partial charge in [-0.3, -0.25) is 24.0 Å². The lowest BCUT2D eigenvalue weighted by Gasteiger charge is -2.67. The van der Waals surface area contributed by atoms with Crippen LogP contribution in [0.3, 0.4) is 0 Å². The second-order valence-electron chi connectivity index (χ2n) is 18.6. The number of benzene rings is 3. The molecule has 3 N–H and O–H groups in total. The molecule has 67 heavy (non-hydrogen) atoms. The zero-order valence-electron chi connectivity index (χ0n) is 38.5. The molecule has 0 radical (unpaired) electrons. The lowest BCUT2D eigenvalue weighted by Crippen LogP contribution is -2.82. The third-order valence-electron chi connectivity index (χ3n) is 14.2. The highest BCUT2D eigenvalue weighted by Crippen LogP contribution is 2.64. The lowest BCUT2D eigenvalue weighted by atomic mass is 9.44. The lowest BCUT2D eigenvalue weighted by molar-refractivity contribution is -0.346. The predicted molar refractivity (Wildman–Crippen MR) is 236 cm³/mol. The van der Waals surface area contributed by atoms with Gasteiger partial charge in [0, 0.05) is 44.1 Å². The molecule has 2 saturated carbocycles. The number of carbonyl (C=O) groups excluding carboxylic acids is 7. The summed E-state index contributed by atoms with van der Waals surface area (Å²) in [4.78, 5) is 98.5. The summed E-state index contributed by atoms with van der Waals surface area (Å²) in [5.41, 5.74) is -7.18. The van der Waals surface area contributed by atoms with Gasteiger partial charge in [0.05, 0.1) is 29.6 Å². The molecule has 4 aliphatic rings. The van der Waals surface area contributed by atoms with E-state index in [0.29, 0.717) is 12.0 Å². The summed E-state index contributed by atoms with van der Waals surface area (Å²) >= 11 is 0. The third kappa shape index (κ3) is 8.66. The van der Waals surface area contributed by atoms with Gasteiger partial charge >= 0.3 is 29.8 Å². The average molecular weight is 924 g/mol. The molecular weight excluding hydrogens is 867 g/mol. The molecule has 1 unspecified atom stereocenters. The number of carbonyl (C=O) groups is 7. The Morgan fingerprint density at radius 1 is 0.836 bits per heavy atom. The van der Waals surface area contributed by atoms with E-state index in [1.807, 2.05) is 0 Å². The van der Waals surface area contributed by atoms with Crippen molar-refractivity contribution in [1.82, 2.24) is 5.32 Å². The number of hydrogen-bond acceptors (Lipinski definition) is 15. The Morgan fingerprint density at radius 2 is 1.43 bits per heavy atom. The summed E-state index contributed by atoms with van der Waals surface area (Å²) in [5.74, 6) is -7.63. The average Bonchev–Trinajstić information content (AvgIpc) is 3.29. The van der Waals surface area contributed by atoms with Gasteiger partial charge in [-0.05, 0) is 61.2 Å². The van der Waals surface area contributed by atoms with Crippen LogP contribution in [0.5, 0.6) is 0 Å². The smallest absolute Gasteiger partial charge is 0.350 e. The minimum atomic E-state index is -2.43. The maximum Gasteiger partial charge on any atom is 0.350 e. The van der Waals surface area contributed by atoms with Crippen molar-refractivity contribution >= 4 is 41.5 Å². The molecule has 11 atom stereocenters. The van der Waals surface area contributed by atoms with Crippen LogP contribution in [0.2, 0.25) is 0 Å². The van der Waals surface area contributed by atoms with E-state index in [1.54, 1.807) is 99.6 Å². The van der Waals surface area contributed by atoms with Crippen LogP contribution in [0.25, 0.3) is 0 Å². The summed E-state index contributed by atoms with van der Waals surface area (Å²) in [6, 6.07) is 23.0. The number of hydrogen-bond donors (Lipinski definition) is 3. The molecule has 7 rings (SSSR count). The summed E-state index contributed by atoms with van der Waals surface area (Å²) < 4.78 is 36.6. The summed E-state index contributed by atoms with van der Waals surface area (Å²) in [6.45, 7) is 9.70. The van der Waals surface area contributed by atoms with Crippen LogP contribution in [0, 0.1) is 16.7 Å². The van der Waals surface area contributed by atoms with Gasteiger partial charge in [-0.25, -0.2) is 9.59 Å². The highest BCUT2D eigenvalue weighted by Gasteiger charge is 2.78. The third-order valence-corrected chi connectivity index (χ3v) is 14.2. The number of amides is 1. The first kappa shape index (κ1) is 48.7. The molecule has 16 nitrogen and oxygen atoms in total. The highest BCUT2D eigenvalue weighted by molar-refractivity contribution is 5.96. The van der Waals surface area contributed by atoms with Crippen LogP contribution in [-0.4, -0.2) is 106 Å². The molecule has 1 amide bonds. The number of esters is 5. The monoisotopic (exact) mass is 923 g/mol. The Balaban J connectivity index is 1.42. The summed E-state index contributed by atoms with van der Waals surface area (Å²) in [7, 11) is 0. The molecule has 0 aromatic heterocycles. The fourth-order valence-electron chi connectivity index (χ4n) is 10.7. The largest absolute Gasteiger partial charge is 0.455 e. The van der Waals surface area contributed by atoms with Gasteiger partial charge in [-0.1, -0.05) is 87.5 Å². The van der Waals surface area contributed by atoms with E-state index in [4.69, 9.17) is 28.4 Å². The predicted octanol–water partition coefficient (Wildman–Crippen LogP) is 5.09. The SMILES string of the molecule is CCCC(=O)O[C@@H](C(=O)O[C@H]1C[C@@]2(O)[C@@H](OC(=O)c3ccccc3)C3[C@](C)(C(=O)[C@H](OC(C)=O)C(=C1C)C2(C)C)[C@@H](O)C[C@H]1OC[C@@]31OC(C)=O)[C@@H](NC(=O)c1ccccc1)c1ccccc1. The fourth-order valence-corrected chi connectivity index (χ4v) is 10.7. The second-order valence-corrected chi connectivity index (χ2v) is 18.6. The van der Waals surface area contributed by atoms with Crippen molar-refractivity contribution in [2.75, 3.05) is 6.61 Å². The number of aliphatic hydroxyl groups is 2. The van der Waals surface area contributed by atoms with Crippen LogP contribution in [0.1, 0.15) is 106 Å². The molecule has 3 aliphatic carbocycles. The van der Waals surface area contributed by atoms with Gasteiger partial charge in [0.2, 0.25) is 6.10 Å². The van der Waals surface area contributed by atoms with E-state index in [1.165, 1.54) is 26.0 Å². The number of nitrogens with one attached hydrogen (secondary N) is 1. The van der Waals surface area contributed by atoms with Crippen LogP contribution in [0.4, 0.5) is 0 Å². The van der Waals surface area contributed by atoms with Gasteiger partial charge < -0.3 is 44.0 Å². The van der Waals surface area contributed by atoms with Crippen molar-refractivity contribution in [2.24, 2.45) is 16.7 Å². The first-order valence-electron chi connectivity index (χ1n) is 22.4. The maximum atomic E-state index is 15.6. The summed E-state index contributed by atoms with van der Waals surface area (Å²) in [5, 5.41) is 28.9. The van der Waals surface area contributed by atoms with E-state index in [-0.39, 0.29) is 41.7 Å². The van der Waals surface area contributed by atoms with Crippen molar-refractivity contribution < 1.29 is 72.2 Å². The van der Waals surface area contributed by atoms with Crippen LogP contribution >= 0.6 is 0 Å². The molecule has 3 aromatic carbocycles. The van der Waals surface area contributed by atoms with Crippen molar-refractivity contribution in [3.63, 3.8) is 0 Å². The molecule has 3 aromatic rings. The van der Waals surface area contributed by atoms with Gasteiger partial charge in [-0.15, -0.1) is 0 Å². The van der Waals surface area contributed by atoms with Gasteiger partial charge in [0.15, 0.2) is 17.5 Å². The van der Waals surface area contributed by atoms with Gasteiger partial charge in [-0.2, -0.15) is 0 Å². The molecule has 3 fully saturated rings. The van der Waals surface area contributed by atoms with Crippen LogP contribution in [-0.2, 0) is 52.4 Å². The van der Waals surface area contributed by atoms with Crippen LogP contribution in [0.15, 0.2) is 102 Å². The van der Waals surface area contributed by atoms with E-state index in [0.717, 1.165) is 13.8 Å². The molecule has 0 spiro atoms. The van der Waals surface area contributed by atoms with Crippen LogP contribution < -0.4 is 5.32 Å². The number of ketones is 1. The van der Waals surface area contributed by atoms with Crippen molar-refractivity contribution in [1.29, 1.82) is 0 Å². The standard InChI is InChI=1S/C51H57NO15/c1-8-18-37(56)65-41(39(31-19-12-9-13-20-31)52-45(58)32-21-14-10-15-22-32)47(60)64-34-26-51(61)44(66-46(59)33-23-16-11-17-24-33)42-49(7,35(55)25-36-50(42,27-62-36)67-30(4)54)43(57)40(63-29(3)53)38(28(34)2)48(51,5)6/h9-17,19-24,34-36,39-42,44,55,61H,8,18,25-27H2,1-7H3,(H,52,58)/t34-,35-,36+,39-,40+,41+,42?,44-,49+,50-,51+/m0/s1. The Morgan fingerprint density at radius 3 is 1.99 bits per heavy atom. The second kappa shape index (κ2) is 18.8. The minimum absolute atomic E-state index is 0.0167. The first-order valence-corrected chi connectivity index (χ1v) is 22.4. The number of Topliss-reactive ketones (excluding diaryl/α,β-unsaturated/α-hetero) is 1. The quantitative estimate of drug-likeness (QED) is 0.115. The normalized spacial score (nSPS) is 30.3. The first-order chi connectivity index (χ1) is 31.7. The molecular formula is C51H57NO15. The molecule has 356 valence electrons. The Labute approximate surface area is 388 Å². The Bertz CT molecular complexity index is 2440. The van der Waals surface area contributed by atoms with Crippen molar-refractivity contribution in [3.8, 4) is 0 Å². The Kier molecular flexibility index (Phi) is 13.7. The fraction of sp³-hybridized carbons (Fsp3) is 0.471. The van der Waals surface area contributed by atoms with Gasteiger partial charge in [0.25, 0.3) is 5.91 Å². The number of ether oxygens (including phenoxy) is 6. The van der Waals surface area contributed by atoms with Crippen molar-refractivity contribution in [3.05, 3.63) is 119 Å². The Hall–Kier alpha value is -6.23. The number of fused-ring (bicyclic) bond motifs is 5. The van der Waals surface area contributed by atoms with E-state index in [9.17, 15) is 34.2 Å². The van der Waals surface area contributed by atoms with Crippen molar-refractivity contribution in [2.45, 2.75) is 128 Å². The van der Waals surface area contributed by atoms with Gasteiger partial charge in [0.1, 0.15) is 30.0 Å². The number of rotatable bonds is 13. The molecule has 1 heterocycles. The molecule has 1 saturated heterocycles. The topological polar surface area (TPSA) is 227 Å².